The average molecular weight is 623 g/mol. The van der Waals surface area contributed by atoms with Gasteiger partial charge in [-0.2, -0.15) is 0 Å². The number of thioether (sulfide) groups is 1. The minimum absolute atomic E-state index is 0.0602. The van der Waals surface area contributed by atoms with Crippen LogP contribution in [0.2, 0.25) is 0 Å². The number of amides is 3. The highest BCUT2D eigenvalue weighted by atomic mass is 32.2. The van der Waals surface area contributed by atoms with Crippen LogP contribution in [0.5, 0.6) is 0 Å². The molecule has 45 heavy (non-hydrogen) atoms. The first-order valence-electron chi connectivity index (χ1n) is 14.4. The van der Waals surface area contributed by atoms with Crippen molar-refractivity contribution in [2.75, 3.05) is 10.6 Å². The molecule has 0 radical (unpaired) electrons. The second kappa shape index (κ2) is 15.5. The predicted molar refractivity (Wildman–Crippen MR) is 179 cm³/mol. The maximum Gasteiger partial charge on any atom is 0.272 e. The molecule has 4 aromatic carbocycles. The van der Waals surface area contributed by atoms with Crippen molar-refractivity contribution in [3.63, 3.8) is 0 Å². The lowest BCUT2D eigenvalue weighted by Crippen LogP contribution is -2.30. The molecule has 4 rings (SSSR count). The summed E-state index contributed by atoms with van der Waals surface area (Å²) in [5, 5.41) is 18.9. The van der Waals surface area contributed by atoms with E-state index in [1.165, 1.54) is 36.0 Å². The summed E-state index contributed by atoms with van der Waals surface area (Å²) < 4.78 is 0. The molecule has 0 saturated carbocycles. The Kier molecular flexibility index (Phi) is 11.3. The van der Waals surface area contributed by atoms with Crippen molar-refractivity contribution in [1.82, 2.24) is 5.32 Å². The molecule has 230 valence electrons. The van der Waals surface area contributed by atoms with Gasteiger partial charge in [0.1, 0.15) is 5.70 Å². The van der Waals surface area contributed by atoms with Crippen LogP contribution in [-0.4, -0.2) is 27.9 Å². The summed E-state index contributed by atoms with van der Waals surface area (Å²) in [6.07, 6.45) is 2.16. The van der Waals surface area contributed by atoms with Crippen LogP contribution in [0.4, 0.5) is 17.1 Å². The fourth-order valence-corrected chi connectivity index (χ4v) is 5.32. The van der Waals surface area contributed by atoms with Crippen molar-refractivity contribution < 1.29 is 19.3 Å². The Balaban J connectivity index is 1.49. The number of nitrogens with one attached hydrogen (secondary N) is 3. The van der Waals surface area contributed by atoms with Gasteiger partial charge in [-0.15, -0.1) is 11.8 Å². The van der Waals surface area contributed by atoms with Crippen molar-refractivity contribution in [1.29, 1.82) is 0 Å². The highest BCUT2D eigenvalue weighted by Gasteiger charge is 2.20. The van der Waals surface area contributed by atoms with Gasteiger partial charge in [-0.3, -0.25) is 24.5 Å². The summed E-state index contributed by atoms with van der Waals surface area (Å²) in [5.74, 6) is -0.806. The van der Waals surface area contributed by atoms with Crippen LogP contribution < -0.4 is 16.0 Å². The van der Waals surface area contributed by atoms with Gasteiger partial charge >= 0.3 is 0 Å². The van der Waals surface area contributed by atoms with Crippen LogP contribution in [0.1, 0.15) is 54.6 Å². The number of non-ortho nitro benzene ring substituents is 1. The van der Waals surface area contributed by atoms with Crippen LogP contribution in [-0.2, 0) is 9.59 Å². The monoisotopic (exact) mass is 622 g/mol. The number of rotatable bonds is 12. The van der Waals surface area contributed by atoms with Crippen molar-refractivity contribution in [2.45, 2.75) is 43.3 Å². The minimum Gasteiger partial charge on any atom is -0.325 e. The SMILES string of the molecule is CCC(Sc1cccc(NC(=O)/C(=C\c2ccc(C(C)C)cc2)NC(=O)c2ccccc2)c1)C(=O)Nc1ccc([N+](=O)[O-])cc1. The van der Waals surface area contributed by atoms with Gasteiger partial charge in [0.25, 0.3) is 17.5 Å². The fraction of sp³-hybridized carbons (Fsp3) is 0.171. The molecule has 0 aliphatic rings. The summed E-state index contributed by atoms with van der Waals surface area (Å²) in [6.45, 7) is 6.09. The van der Waals surface area contributed by atoms with Crippen LogP contribution in [0.15, 0.2) is 114 Å². The molecule has 0 spiro atoms. The van der Waals surface area contributed by atoms with Gasteiger partial charge in [0, 0.05) is 34.0 Å². The fourth-order valence-electron chi connectivity index (χ4n) is 4.31. The lowest BCUT2D eigenvalue weighted by atomic mass is 10.0. The van der Waals surface area contributed by atoms with Gasteiger partial charge in [0.2, 0.25) is 5.91 Å². The number of carbonyl (C=O) groups excluding carboxylic acids is 3. The number of nitrogens with zero attached hydrogens (tertiary/aromatic N) is 1. The molecule has 0 fully saturated rings. The zero-order valence-corrected chi connectivity index (χ0v) is 26.0. The zero-order valence-electron chi connectivity index (χ0n) is 25.2. The van der Waals surface area contributed by atoms with Gasteiger partial charge < -0.3 is 16.0 Å². The lowest BCUT2D eigenvalue weighted by molar-refractivity contribution is -0.384. The van der Waals surface area contributed by atoms with E-state index in [9.17, 15) is 24.5 Å². The van der Waals surface area contributed by atoms with Crippen LogP contribution in [0.3, 0.4) is 0 Å². The minimum atomic E-state index is -0.502. The van der Waals surface area contributed by atoms with Crippen molar-refractivity contribution in [3.05, 3.63) is 136 Å². The summed E-state index contributed by atoms with van der Waals surface area (Å²) in [6, 6.07) is 29.2. The number of nitro benzene ring substituents is 1. The highest BCUT2D eigenvalue weighted by Crippen LogP contribution is 2.29. The predicted octanol–water partition coefficient (Wildman–Crippen LogP) is 7.64. The van der Waals surface area contributed by atoms with E-state index in [0.29, 0.717) is 29.3 Å². The number of nitro groups is 1. The molecule has 9 nitrogen and oxygen atoms in total. The van der Waals surface area contributed by atoms with Crippen LogP contribution in [0.25, 0.3) is 6.08 Å². The Bertz CT molecular complexity index is 1690. The molecule has 10 heteroatoms. The molecule has 0 heterocycles. The Hall–Kier alpha value is -5.22. The summed E-state index contributed by atoms with van der Waals surface area (Å²) in [7, 11) is 0. The van der Waals surface area contributed by atoms with E-state index in [2.05, 4.69) is 29.8 Å². The number of anilines is 2. The maximum absolute atomic E-state index is 13.5. The molecule has 0 saturated heterocycles. The number of hydrogen-bond acceptors (Lipinski definition) is 6. The molecule has 1 atom stereocenters. The molecule has 3 amide bonds. The topological polar surface area (TPSA) is 130 Å². The molecule has 3 N–H and O–H groups in total. The van der Waals surface area contributed by atoms with Gasteiger partial charge in [0.15, 0.2) is 0 Å². The smallest absolute Gasteiger partial charge is 0.272 e. The van der Waals surface area contributed by atoms with Crippen LogP contribution in [0, 0.1) is 10.1 Å². The maximum atomic E-state index is 13.5. The van der Waals surface area contributed by atoms with E-state index in [-0.39, 0.29) is 17.3 Å². The second-order valence-corrected chi connectivity index (χ2v) is 11.8. The van der Waals surface area contributed by atoms with Gasteiger partial charge in [-0.25, -0.2) is 0 Å². The van der Waals surface area contributed by atoms with Gasteiger partial charge in [-0.05, 0) is 72.0 Å². The Morgan fingerprint density at radius 1 is 0.844 bits per heavy atom. The Morgan fingerprint density at radius 3 is 2.16 bits per heavy atom. The molecule has 1 unspecified atom stereocenters. The normalized spacial score (nSPS) is 11.9. The van der Waals surface area contributed by atoms with E-state index in [1.807, 2.05) is 43.3 Å². The number of hydrogen-bond donors (Lipinski definition) is 3. The van der Waals surface area contributed by atoms with E-state index >= 15 is 0 Å². The van der Waals surface area contributed by atoms with Gasteiger partial charge in [0.05, 0.1) is 10.2 Å². The summed E-state index contributed by atoms with van der Waals surface area (Å²) in [4.78, 5) is 50.7. The van der Waals surface area contributed by atoms with Crippen molar-refractivity contribution in [3.8, 4) is 0 Å². The molecule has 0 aliphatic heterocycles. The summed E-state index contributed by atoms with van der Waals surface area (Å²) >= 11 is 1.33. The Morgan fingerprint density at radius 2 is 1.53 bits per heavy atom. The first kappa shape index (κ1) is 32.7. The standard InChI is InChI=1S/C35H34N4O5S/c1-4-32(35(42)36-27-17-19-29(20-18-27)39(43)44)45-30-12-8-11-28(22-30)37-34(41)31(38-33(40)26-9-6-5-7-10-26)21-24-13-15-25(16-14-24)23(2)3/h5-23,32H,4H2,1-3H3,(H,36,42)(H,37,41)(H,38,40)/b31-21+. The van der Waals surface area contributed by atoms with E-state index < -0.39 is 22.0 Å². The molecule has 0 aromatic heterocycles. The zero-order chi connectivity index (χ0) is 32.3. The van der Waals surface area contributed by atoms with Crippen molar-refractivity contribution in [2.24, 2.45) is 0 Å². The first-order valence-corrected chi connectivity index (χ1v) is 15.3. The van der Waals surface area contributed by atoms with Crippen molar-refractivity contribution >= 4 is 52.6 Å². The second-order valence-electron chi connectivity index (χ2n) is 10.5. The molecular formula is C35H34N4O5S. The third-order valence-corrected chi connectivity index (χ3v) is 8.18. The third kappa shape index (κ3) is 9.38. The lowest BCUT2D eigenvalue weighted by Gasteiger charge is -2.16. The van der Waals surface area contributed by atoms with Crippen LogP contribution >= 0.6 is 11.8 Å². The number of carbonyl (C=O) groups is 3. The largest absolute Gasteiger partial charge is 0.325 e. The first-order chi connectivity index (χ1) is 21.6. The molecule has 4 aromatic rings. The Labute approximate surface area is 266 Å². The third-order valence-electron chi connectivity index (χ3n) is 6.82. The molecule has 0 bridgehead atoms. The van der Waals surface area contributed by atoms with E-state index in [4.69, 9.17) is 0 Å². The highest BCUT2D eigenvalue weighted by molar-refractivity contribution is 8.00. The van der Waals surface area contributed by atoms with E-state index in [1.54, 1.807) is 48.5 Å². The quantitative estimate of drug-likeness (QED) is 0.0644. The van der Waals surface area contributed by atoms with E-state index in [0.717, 1.165) is 16.0 Å². The molecular weight excluding hydrogens is 588 g/mol. The molecule has 0 aliphatic carbocycles. The average Bonchev–Trinajstić information content (AvgIpc) is 3.04. The number of benzene rings is 4. The summed E-state index contributed by atoms with van der Waals surface area (Å²) in [5.41, 5.74) is 3.30. The van der Waals surface area contributed by atoms with Gasteiger partial charge in [-0.1, -0.05) is 69.3 Å².